The Morgan fingerprint density at radius 2 is 1.92 bits per heavy atom. The molecule has 0 spiro atoms. The van der Waals surface area contributed by atoms with Crippen molar-refractivity contribution < 1.29 is 14.7 Å². The van der Waals surface area contributed by atoms with Crippen LogP contribution in [-0.2, 0) is 16.0 Å². The number of carboxylic acids is 1. The zero-order valence-electron chi connectivity index (χ0n) is 13.4. The van der Waals surface area contributed by atoms with E-state index >= 15 is 0 Å². The number of aromatic nitrogens is 2. The fourth-order valence-corrected chi connectivity index (χ4v) is 3.12. The van der Waals surface area contributed by atoms with Gasteiger partial charge in [-0.1, -0.05) is 18.2 Å². The fourth-order valence-electron chi connectivity index (χ4n) is 3.12. The smallest absolute Gasteiger partial charge is 0.306 e. The number of hydrogen-bond donors (Lipinski definition) is 2. The molecule has 1 fully saturated rings. The standard InChI is InChI=1S/C18H21N3O3/c22-17(13-6-7-14(12-13)18(23)24)19-10-8-15-9-11-21(20-15)16-4-2-1-3-5-16/h1-5,9,11,13-14H,6-8,10,12H2,(H,19,22)(H,23,24)/t13-,14+/m0/s1. The van der Waals surface area contributed by atoms with Gasteiger partial charge in [0.2, 0.25) is 5.91 Å². The summed E-state index contributed by atoms with van der Waals surface area (Å²) in [5.74, 6) is -1.38. The lowest BCUT2D eigenvalue weighted by Gasteiger charge is -2.10. The van der Waals surface area contributed by atoms with Crippen LogP contribution in [0.15, 0.2) is 42.6 Å². The van der Waals surface area contributed by atoms with Gasteiger partial charge in [-0.25, -0.2) is 4.68 Å². The molecule has 1 heterocycles. The van der Waals surface area contributed by atoms with Gasteiger partial charge < -0.3 is 10.4 Å². The molecule has 6 nitrogen and oxygen atoms in total. The molecule has 0 saturated heterocycles. The van der Waals surface area contributed by atoms with Crippen molar-refractivity contribution in [1.82, 2.24) is 15.1 Å². The van der Waals surface area contributed by atoms with Gasteiger partial charge in [-0.2, -0.15) is 5.10 Å². The summed E-state index contributed by atoms with van der Waals surface area (Å²) in [5.41, 5.74) is 1.91. The number of para-hydroxylation sites is 1. The molecule has 1 amide bonds. The van der Waals surface area contributed by atoms with Crippen molar-refractivity contribution >= 4 is 11.9 Å². The number of carbonyl (C=O) groups excluding carboxylic acids is 1. The van der Waals surface area contributed by atoms with E-state index in [1.54, 1.807) is 0 Å². The maximum atomic E-state index is 12.1. The summed E-state index contributed by atoms with van der Waals surface area (Å²) in [6, 6.07) is 11.8. The van der Waals surface area contributed by atoms with Gasteiger partial charge in [-0.3, -0.25) is 9.59 Å². The second kappa shape index (κ2) is 7.29. The molecule has 1 aromatic carbocycles. The topological polar surface area (TPSA) is 84.2 Å². The average molecular weight is 327 g/mol. The van der Waals surface area contributed by atoms with E-state index < -0.39 is 5.97 Å². The van der Waals surface area contributed by atoms with Crippen LogP contribution in [0.3, 0.4) is 0 Å². The van der Waals surface area contributed by atoms with E-state index in [-0.39, 0.29) is 17.7 Å². The Morgan fingerprint density at radius 3 is 2.62 bits per heavy atom. The predicted octanol–water partition coefficient (Wildman–Crippen LogP) is 2.03. The number of benzene rings is 1. The monoisotopic (exact) mass is 327 g/mol. The van der Waals surface area contributed by atoms with Crippen LogP contribution in [-0.4, -0.2) is 33.3 Å². The van der Waals surface area contributed by atoms with Crippen LogP contribution in [0.4, 0.5) is 0 Å². The molecular formula is C18H21N3O3. The van der Waals surface area contributed by atoms with Crippen LogP contribution in [0.1, 0.15) is 25.0 Å². The molecular weight excluding hydrogens is 306 g/mol. The van der Waals surface area contributed by atoms with Gasteiger partial charge in [0.25, 0.3) is 0 Å². The van der Waals surface area contributed by atoms with E-state index in [0.29, 0.717) is 32.2 Å². The second-order valence-corrected chi connectivity index (χ2v) is 6.17. The van der Waals surface area contributed by atoms with Gasteiger partial charge in [-0.15, -0.1) is 0 Å². The van der Waals surface area contributed by atoms with Crippen molar-refractivity contribution in [2.24, 2.45) is 11.8 Å². The maximum Gasteiger partial charge on any atom is 0.306 e. The third-order valence-electron chi connectivity index (χ3n) is 4.50. The summed E-state index contributed by atoms with van der Waals surface area (Å²) in [6.07, 6.45) is 4.26. The van der Waals surface area contributed by atoms with Crippen LogP contribution >= 0.6 is 0 Å². The van der Waals surface area contributed by atoms with E-state index in [9.17, 15) is 9.59 Å². The van der Waals surface area contributed by atoms with Crippen molar-refractivity contribution in [3.8, 4) is 5.69 Å². The van der Waals surface area contributed by atoms with E-state index in [1.165, 1.54) is 0 Å². The molecule has 0 unspecified atom stereocenters. The van der Waals surface area contributed by atoms with Gasteiger partial charge in [0.15, 0.2) is 0 Å². The van der Waals surface area contributed by atoms with Crippen molar-refractivity contribution in [2.75, 3.05) is 6.54 Å². The minimum atomic E-state index is -0.795. The van der Waals surface area contributed by atoms with Crippen LogP contribution < -0.4 is 5.32 Å². The average Bonchev–Trinajstić information content (AvgIpc) is 3.25. The first kappa shape index (κ1) is 16.2. The molecule has 1 aromatic heterocycles. The van der Waals surface area contributed by atoms with Crippen molar-refractivity contribution in [3.63, 3.8) is 0 Å². The van der Waals surface area contributed by atoms with Gasteiger partial charge in [0, 0.05) is 25.1 Å². The minimum Gasteiger partial charge on any atom is -0.481 e. The third-order valence-corrected chi connectivity index (χ3v) is 4.50. The van der Waals surface area contributed by atoms with E-state index in [1.807, 2.05) is 47.3 Å². The number of rotatable bonds is 6. The molecule has 1 aliphatic rings. The summed E-state index contributed by atoms with van der Waals surface area (Å²) < 4.78 is 1.81. The molecule has 2 N–H and O–H groups in total. The van der Waals surface area contributed by atoms with Crippen LogP contribution in [0.5, 0.6) is 0 Å². The first-order valence-electron chi connectivity index (χ1n) is 8.24. The van der Waals surface area contributed by atoms with Crippen LogP contribution in [0.2, 0.25) is 0 Å². The largest absolute Gasteiger partial charge is 0.481 e. The van der Waals surface area contributed by atoms with Crippen molar-refractivity contribution in [1.29, 1.82) is 0 Å². The van der Waals surface area contributed by atoms with Crippen LogP contribution in [0, 0.1) is 11.8 Å². The molecule has 1 aliphatic carbocycles. The highest BCUT2D eigenvalue weighted by Gasteiger charge is 2.33. The van der Waals surface area contributed by atoms with Crippen molar-refractivity contribution in [2.45, 2.75) is 25.7 Å². The Morgan fingerprint density at radius 1 is 1.17 bits per heavy atom. The number of carbonyl (C=O) groups is 2. The highest BCUT2D eigenvalue weighted by Crippen LogP contribution is 2.31. The first-order chi connectivity index (χ1) is 11.6. The molecule has 0 aliphatic heterocycles. The highest BCUT2D eigenvalue weighted by atomic mass is 16.4. The number of amides is 1. The lowest BCUT2D eigenvalue weighted by Crippen LogP contribution is -2.31. The minimum absolute atomic E-state index is 0.0405. The Bertz CT molecular complexity index is 711. The molecule has 126 valence electrons. The molecule has 1 saturated carbocycles. The van der Waals surface area contributed by atoms with E-state index in [4.69, 9.17) is 5.11 Å². The highest BCUT2D eigenvalue weighted by molar-refractivity contribution is 5.80. The molecule has 6 heteroatoms. The SMILES string of the molecule is O=C(O)[C@@H]1CC[C@H](C(=O)NCCc2ccn(-c3ccccc3)n2)C1. The second-order valence-electron chi connectivity index (χ2n) is 6.17. The van der Waals surface area contributed by atoms with Gasteiger partial charge in [0.1, 0.15) is 0 Å². The number of nitrogens with zero attached hydrogens (tertiary/aromatic N) is 2. The Kier molecular flexibility index (Phi) is 4.93. The summed E-state index contributed by atoms with van der Waals surface area (Å²) in [5, 5.41) is 16.4. The number of hydrogen-bond acceptors (Lipinski definition) is 3. The lowest BCUT2D eigenvalue weighted by atomic mass is 10.0. The first-order valence-corrected chi connectivity index (χ1v) is 8.24. The summed E-state index contributed by atoms with van der Waals surface area (Å²) in [6.45, 7) is 0.513. The third kappa shape index (κ3) is 3.82. The maximum absolute atomic E-state index is 12.1. The Hall–Kier alpha value is -2.63. The lowest BCUT2D eigenvalue weighted by molar-refractivity contribution is -0.141. The van der Waals surface area contributed by atoms with E-state index in [0.717, 1.165) is 11.4 Å². The zero-order valence-corrected chi connectivity index (χ0v) is 13.4. The molecule has 0 radical (unpaired) electrons. The molecule has 2 aromatic rings. The quantitative estimate of drug-likeness (QED) is 0.850. The number of aliphatic carboxylic acids is 1. The summed E-state index contributed by atoms with van der Waals surface area (Å²) in [7, 11) is 0. The van der Waals surface area contributed by atoms with E-state index in [2.05, 4.69) is 10.4 Å². The van der Waals surface area contributed by atoms with Gasteiger partial charge in [-0.05, 0) is 37.5 Å². The number of carboxylic acid groups (broad SMARTS) is 1. The number of nitrogens with one attached hydrogen (secondary N) is 1. The normalized spacial score (nSPS) is 20.0. The zero-order chi connectivity index (χ0) is 16.9. The summed E-state index contributed by atoms with van der Waals surface area (Å²) in [4.78, 5) is 23.0. The summed E-state index contributed by atoms with van der Waals surface area (Å²) >= 11 is 0. The fraction of sp³-hybridized carbons (Fsp3) is 0.389. The molecule has 24 heavy (non-hydrogen) atoms. The van der Waals surface area contributed by atoms with Gasteiger partial charge in [0.05, 0.1) is 17.3 Å². The van der Waals surface area contributed by atoms with Crippen LogP contribution in [0.25, 0.3) is 5.69 Å². The Balaban J connectivity index is 1.46. The predicted molar refractivity (Wildman–Crippen MR) is 88.7 cm³/mol. The molecule has 2 atom stereocenters. The van der Waals surface area contributed by atoms with Crippen molar-refractivity contribution in [3.05, 3.63) is 48.3 Å². The van der Waals surface area contributed by atoms with Gasteiger partial charge >= 0.3 is 5.97 Å². The Labute approximate surface area is 140 Å². The molecule has 0 bridgehead atoms. The molecule has 3 rings (SSSR count).